The molecule has 3 nitrogen and oxygen atoms in total. The van der Waals surface area contributed by atoms with E-state index in [-0.39, 0.29) is 5.82 Å². The fourth-order valence-electron chi connectivity index (χ4n) is 3.37. The third kappa shape index (κ3) is 3.80. The smallest absolute Gasteiger partial charge is 0.129 e. The lowest BCUT2D eigenvalue weighted by atomic mass is 10.1. The molecular formula is C21H22FN3. The van der Waals surface area contributed by atoms with E-state index in [9.17, 15) is 4.39 Å². The maximum atomic E-state index is 13.0. The zero-order valence-electron chi connectivity index (χ0n) is 14.2. The summed E-state index contributed by atoms with van der Waals surface area (Å²) in [4.78, 5) is 9.63. The molecular weight excluding hydrogens is 313 g/mol. The van der Waals surface area contributed by atoms with Gasteiger partial charge in [0, 0.05) is 38.1 Å². The van der Waals surface area contributed by atoms with Crippen LogP contribution in [0.1, 0.15) is 5.56 Å². The van der Waals surface area contributed by atoms with Gasteiger partial charge in [-0.15, -0.1) is 0 Å². The van der Waals surface area contributed by atoms with Crippen LogP contribution in [0.25, 0.3) is 10.9 Å². The second kappa shape index (κ2) is 7.19. The first-order valence-corrected chi connectivity index (χ1v) is 8.85. The molecule has 0 atom stereocenters. The SMILES string of the molecule is Fc1ccc(CCN2CCN(c3ccc4ccccc4n3)CC2)cc1. The van der Waals surface area contributed by atoms with E-state index < -0.39 is 0 Å². The Hall–Kier alpha value is -2.46. The zero-order valence-corrected chi connectivity index (χ0v) is 14.2. The molecule has 4 rings (SSSR count). The molecule has 1 aliphatic heterocycles. The second-order valence-corrected chi connectivity index (χ2v) is 6.57. The molecule has 3 aromatic rings. The number of para-hydroxylation sites is 1. The molecule has 1 aromatic heterocycles. The Labute approximate surface area is 147 Å². The van der Waals surface area contributed by atoms with Crippen molar-refractivity contribution in [3.8, 4) is 0 Å². The van der Waals surface area contributed by atoms with Gasteiger partial charge in [0.25, 0.3) is 0 Å². The van der Waals surface area contributed by atoms with E-state index in [0.717, 1.165) is 50.5 Å². The van der Waals surface area contributed by atoms with Crippen LogP contribution in [-0.2, 0) is 6.42 Å². The summed E-state index contributed by atoms with van der Waals surface area (Å²) in [7, 11) is 0. The highest BCUT2D eigenvalue weighted by Crippen LogP contribution is 2.19. The van der Waals surface area contributed by atoms with Crippen LogP contribution in [-0.4, -0.2) is 42.6 Å². The quantitative estimate of drug-likeness (QED) is 0.724. The molecule has 1 aliphatic rings. The molecule has 0 saturated carbocycles. The molecule has 1 saturated heterocycles. The summed E-state index contributed by atoms with van der Waals surface area (Å²) in [6.07, 6.45) is 0.967. The van der Waals surface area contributed by atoms with Gasteiger partial charge in [0.2, 0.25) is 0 Å². The number of hydrogen-bond donors (Lipinski definition) is 0. The number of pyridine rings is 1. The molecule has 0 N–H and O–H groups in total. The van der Waals surface area contributed by atoms with Crippen molar-refractivity contribution in [1.29, 1.82) is 0 Å². The molecule has 2 heterocycles. The van der Waals surface area contributed by atoms with Crippen molar-refractivity contribution in [2.75, 3.05) is 37.6 Å². The van der Waals surface area contributed by atoms with E-state index >= 15 is 0 Å². The maximum absolute atomic E-state index is 13.0. The molecule has 25 heavy (non-hydrogen) atoms. The molecule has 0 amide bonds. The van der Waals surface area contributed by atoms with Crippen molar-refractivity contribution in [2.24, 2.45) is 0 Å². The predicted molar refractivity (Wildman–Crippen MR) is 101 cm³/mol. The molecule has 0 spiro atoms. The predicted octanol–water partition coefficient (Wildman–Crippen LogP) is 3.74. The van der Waals surface area contributed by atoms with Gasteiger partial charge in [-0.05, 0) is 42.3 Å². The van der Waals surface area contributed by atoms with E-state index in [1.54, 1.807) is 12.1 Å². The van der Waals surface area contributed by atoms with Crippen LogP contribution in [0.2, 0.25) is 0 Å². The summed E-state index contributed by atoms with van der Waals surface area (Å²) in [5.41, 5.74) is 2.25. The van der Waals surface area contributed by atoms with E-state index in [4.69, 9.17) is 4.98 Å². The molecule has 2 aromatic carbocycles. The van der Waals surface area contributed by atoms with Crippen LogP contribution in [0.5, 0.6) is 0 Å². The second-order valence-electron chi connectivity index (χ2n) is 6.57. The molecule has 0 bridgehead atoms. The molecule has 128 valence electrons. The van der Waals surface area contributed by atoms with Crippen LogP contribution in [0.15, 0.2) is 60.7 Å². The number of halogens is 1. The van der Waals surface area contributed by atoms with Crippen molar-refractivity contribution < 1.29 is 4.39 Å². The summed E-state index contributed by atoms with van der Waals surface area (Å²) in [6.45, 7) is 5.08. The monoisotopic (exact) mass is 335 g/mol. The number of piperazine rings is 1. The highest BCUT2D eigenvalue weighted by molar-refractivity contribution is 5.80. The summed E-state index contributed by atoms with van der Waals surface area (Å²) in [5.74, 6) is 0.900. The molecule has 4 heteroatoms. The number of benzene rings is 2. The zero-order chi connectivity index (χ0) is 17.1. The Morgan fingerprint density at radius 1 is 0.840 bits per heavy atom. The number of anilines is 1. The Balaban J connectivity index is 1.33. The maximum Gasteiger partial charge on any atom is 0.129 e. The lowest BCUT2D eigenvalue weighted by Gasteiger charge is -2.35. The number of aromatic nitrogens is 1. The van der Waals surface area contributed by atoms with Gasteiger partial charge < -0.3 is 4.90 Å². The minimum absolute atomic E-state index is 0.166. The van der Waals surface area contributed by atoms with E-state index in [1.807, 2.05) is 24.3 Å². The van der Waals surface area contributed by atoms with Crippen LogP contribution in [0.3, 0.4) is 0 Å². The number of nitrogens with zero attached hydrogens (tertiary/aromatic N) is 3. The Morgan fingerprint density at radius 3 is 2.40 bits per heavy atom. The Bertz CT molecular complexity index is 839. The Kier molecular flexibility index (Phi) is 4.61. The lowest BCUT2D eigenvalue weighted by Crippen LogP contribution is -2.47. The molecule has 0 unspecified atom stereocenters. The van der Waals surface area contributed by atoms with Gasteiger partial charge in [0.05, 0.1) is 5.52 Å². The summed E-state index contributed by atoms with van der Waals surface area (Å²) in [5, 5.41) is 1.18. The lowest BCUT2D eigenvalue weighted by molar-refractivity contribution is 0.260. The number of fused-ring (bicyclic) bond motifs is 1. The van der Waals surface area contributed by atoms with E-state index in [2.05, 4.69) is 34.1 Å². The van der Waals surface area contributed by atoms with Gasteiger partial charge in [-0.1, -0.05) is 30.3 Å². The van der Waals surface area contributed by atoms with Gasteiger partial charge in [0.1, 0.15) is 11.6 Å². The van der Waals surface area contributed by atoms with Gasteiger partial charge in [0.15, 0.2) is 0 Å². The van der Waals surface area contributed by atoms with Crippen LogP contribution >= 0.6 is 0 Å². The van der Waals surface area contributed by atoms with Crippen LogP contribution < -0.4 is 4.90 Å². The topological polar surface area (TPSA) is 19.4 Å². The van der Waals surface area contributed by atoms with Crippen molar-refractivity contribution in [1.82, 2.24) is 9.88 Å². The fourth-order valence-corrected chi connectivity index (χ4v) is 3.37. The largest absolute Gasteiger partial charge is 0.354 e. The van der Waals surface area contributed by atoms with Crippen molar-refractivity contribution in [3.05, 3.63) is 72.0 Å². The number of rotatable bonds is 4. The number of hydrogen-bond acceptors (Lipinski definition) is 3. The van der Waals surface area contributed by atoms with Gasteiger partial charge in [-0.3, -0.25) is 4.90 Å². The van der Waals surface area contributed by atoms with Gasteiger partial charge in [-0.2, -0.15) is 0 Å². The highest BCUT2D eigenvalue weighted by Gasteiger charge is 2.18. The average Bonchev–Trinajstić information content (AvgIpc) is 2.68. The van der Waals surface area contributed by atoms with Crippen LogP contribution in [0, 0.1) is 5.82 Å². The minimum Gasteiger partial charge on any atom is -0.354 e. The first-order valence-electron chi connectivity index (χ1n) is 8.85. The van der Waals surface area contributed by atoms with E-state index in [1.165, 1.54) is 10.9 Å². The summed E-state index contributed by atoms with van der Waals surface area (Å²) in [6, 6.07) is 19.4. The first kappa shape index (κ1) is 16.0. The first-order chi connectivity index (χ1) is 12.3. The van der Waals surface area contributed by atoms with Gasteiger partial charge >= 0.3 is 0 Å². The van der Waals surface area contributed by atoms with Gasteiger partial charge in [-0.25, -0.2) is 9.37 Å². The van der Waals surface area contributed by atoms with E-state index in [0.29, 0.717) is 0 Å². The fraction of sp³-hybridized carbons (Fsp3) is 0.286. The van der Waals surface area contributed by atoms with Crippen molar-refractivity contribution in [3.63, 3.8) is 0 Å². The molecule has 0 aliphatic carbocycles. The molecule has 1 fully saturated rings. The Morgan fingerprint density at radius 2 is 1.60 bits per heavy atom. The average molecular weight is 335 g/mol. The highest BCUT2D eigenvalue weighted by atomic mass is 19.1. The third-order valence-electron chi connectivity index (χ3n) is 4.91. The molecule has 0 radical (unpaired) electrons. The standard InChI is InChI=1S/C21H22FN3/c22-19-8-5-17(6-9-19)11-12-24-13-15-25(16-14-24)21-10-7-18-3-1-2-4-20(18)23-21/h1-10H,11-16H2. The summed E-state index contributed by atoms with van der Waals surface area (Å²) >= 11 is 0. The minimum atomic E-state index is -0.166. The van der Waals surface area contributed by atoms with Crippen molar-refractivity contribution >= 4 is 16.7 Å². The third-order valence-corrected chi connectivity index (χ3v) is 4.91. The summed E-state index contributed by atoms with van der Waals surface area (Å²) < 4.78 is 13.0. The van der Waals surface area contributed by atoms with Crippen molar-refractivity contribution in [2.45, 2.75) is 6.42 Å². The van der Waals surface area contributed by atoms with Crippen LogP contribution in [0.4, 0.5) is 10.2 Å². The normalized spacial score (nSPS) is 15.6.